The van der Waals surface area contributed by atoms with Crippen LogP contribution in [-0.4, -0.2) is 15.0 Å². The van der Waals surface area contributed by atoms with E-state index < -0.39 is 0 Å². The van der Waals surface area contributed by atoms with Gasteiger partial charge in [0, 0.05) is 39.3 Å². The minimum Gasteiger partial charge on any atom is -0.456 e. The molecule has 9 aromatic rings. The van der Waals surface area contributed by atoms with Crippen LogP contribution in [0.1, 0.15) is 22.9 Å². The Bertz CT molecular complexity index is 3050. The Labute approximate surface area is 318 Å². The zero-order valence-electron chi connectivity index (χ0n) is 29.8. The molecular weight excluding hydrogens is 671 g/mol. The largest absolute Gasteiger partial charge is 0.456 e. The minimum atomic E-state index is 0.230. The topological polar surface area (TPSA) is 51.8 Å². The molecule has 2 aliphatic carbocycles. The number of allylic oxidation sites excluding steroid dienone is 5. The van der Waals surface area contributed by atoms with E-state index in [1.165, 1.54) is 22.3 Å². The molecule has 11 rings (SSSR count). The zero-order chi connectivity index (χ0) is 36.3. The lowest BCUT2D eigenvalue weighted by Gasteiger charge is -2.28. The van der Waals surface area contributed by atoms with Gasteiger partial charge in [-0.3, -0.25) is 0 Å². The SMILES string of the molecule is C1=CC2C=Cc3ccccc3C2C=C1c1nc(-c2ccccc2)nc(-c2ccc3cc(-c4cccc5oc6ccc(-c7ccccc7)cc6c45)ccc3c2)n1. The van der Waals surface area contributed by atoms with Gasteiger partial charge in [-0.2, -0.15) is 0 Å². The number of rotatable bonds is 5. The van der Waals surface area contributed by atoms with Crippen LogP contribution < -0.4 is 0 Å². The van der Waals surface area contributed by atoms with Crippen LogP contribution in [0.2, 0.25) is 0 Å². The molecule has 55 heavy (non-hydrogen) atoms. The van der Waals surface area contributed by atoms with E-state index in [1.54, 1.807) is 0 Å². The number of hydrogen-bond donors (Lipinski definition) is 0. The number of furan rings is 1. The van der Waals surface area contributed by atoms with E-state index in [9.17, 15) is 0 Å². The molecule has 0 amide bonds. The summed E-state index contributed by atoms with van der Waals surface area (Å²) < 4.78 is 6.36. The molecule has 0 spiro atoms. The van der Waals surface area contributed by atoms with Gasteiger partial charge in [-0.05, 0) is 74.5 Å². The molecule has 2 aliphatic rings. The monoisotopic (exact) mass is 703 g/mol. The first-order chi connectivity index (χ1) is 27.2. The second kappa shape index (κ2) is 12.8. The summed E-state index contributed by atoms with van der Waals surface area (Å²) in [5.74, 6) is 2.53. The summed E-state index contributed by atoms with van der Waals surface area (Å²) in [5.41, 5.74) is 11.9. The molecule has 4 heteroatoms. The summed E-state index contributed by atoms with van der Waals surface area (Å²) in [7, 11) is 0. The third-order valence-corrected chi connectivity index (χ3v) is 11.1. The van der Waals surface area contributed by atoms with E-state index in [-0.39, 0.29) is 5.92 Å². The second-order valence-electron chi connectivity index (χ2n) is 14.4. The van der Waals surface area contributed by atoms with Crippen LogP contribution in [0.25, 0.3) is 89.4 Å². The Kier molecular flexibility index (Phi) is 7.27. The third kappa shape index (κ3) is 5.50. The standard InChI is InChI=1S/C51H33N3O/c1-3-10-32(11-4-1)38-26-27-46-45(30-38)48-43(16-9-17-47(48)55-46)39-23-21-37-29-40(25-22-36(37)28-39)50-52-49(35-13-5-2-6-14-35)53-51(54-50)41-24-20-34-19-18-33-12-7-8-15-42(33)44(34)31-41/h1-31,34,44H. The summed E-state index contributed by atoms with van der Waals surface area (Å²) in [6.07, 6.45) is 11.3. The lowest BCUT2D eigenvalue weighted by molar-refractivity contribution is 0.669. The summed E-state index contributed by atoms with van der Waals surface area (Å²) in [4.78, 5) is 15.2. The number of hydrogen-bond acceptors (Lipinski definition) is 4. The predicted molar refractivity (Wildman–Crippen MR) is 225 cm³/mol. The van der Waals surface area contributed by atoms with E-state index in [0.717, 1.165) is 60.5 Å². The fourth-order valence-corrected chi connectivity index (χ4v) is 8.29. The first-order valence-corrected chi connectivity index (χ1v) is 18.8. The summed E-state index contributed by atoms with van der Waals surface area (Å²) in [6.45, 7) is 0. The summed E-state index contributed by atoms with van der Waals surface area (Å²) >= 11 is 0. The van der Waals surface area contributed by atoms with Crippen LogP contribution in [0.3, 0.4) is 0 Å². The quantitative estimate of drug-likeness (QED) is 0.179. The maximum Gasteiger partial charge on any atom is 0.164 e. The summed E-state index contributed by atoms with van der Waals surface area (Å²) in [6, 6.07) is 55.3. The Morgan fingerprint density at radius 3 is 1.96 bits per heavy atom. The van der Waals surface area contributed by atoms with Crippen LogP contribution in [0.5, 0.6) is 0 Å². The Hall–Kier alpha value is -7.17. The average molecular weight is 704 g/mol. The van der Waals surface area contributed by atoms with Crippen molar-refractivity contribution in [2.45, 2.75) is 5.92 Å². The van der Waals surface area contributed by atoms with Crippen molar-refractivity contribution in [3.05, 3.63) is 199 Å². The van der Waals surface area contributed by atoms with Crippen molar-refractivity contribution in [2.24, 2.45) is 5.92 Å². The van der Waals surface area contributed by atoms with Gasteiger partial charge in [0.25, 0.3) is 0 Å². The van der Waals surface area contributed by atoms with E-state index in [2.05, 4.69) is 164 Å². The number of benzene rings is 7. The van der Waals surface area contributed by atoms with Crippen molar-refractivity contribution >= 4 is 44.4 Å². The van der Waals surface area contributed by atoms with Crippen molar-refractivity contribution in [2.75, 3.05) is 0 Å². The van der Waals surface area contributed by atoms with Gasteiger partial charge in [0.05, 0.1) is 0 Å². The van der Waals surface area contributed by atoms with E-state index in [1.807, 2.05) is 24.3 Å². The fraction of sp³-hybridized carbons (Fsp3) is 0.0392. The van der Waals surface area contributed by atoms with E-state index in [4.69, 9.17) is 19.4 Å². The molecule has 0 bridgehead atoms. The van der Waals surface area contributed by atoms with E-state index >= 15 is 0 Å². The average Bonchev–Trinajstić information content (AvgIpc) is 3.64. The molecule has 0 aliphatic heterocycles. The molecule has 2 unspecified atom stereocenters. The Morgan fingerprint density at radius 1 is 0.455 bits per heavy atom. The van der Waals surface area contributed by atoms with Crippen LogP contribution in [0.4, 0.5) is 0 Å². The summed E-state index contributed by atoms with van der Waals surface area (Å²) in [5, 5.41) is 4.50. The molecule has 0 saturated carbocycles. The first-order valence-electron chi connectivity index (χ1n) is 18.8. The Balaban J connectivity index is 0.995. The van der Waals surface area contributed by atoms with Gasteiger partial charge >= 0.3 is 0 Å². The van der Waals surface area contributed by atoms with Crippen LogP contribution >= 0.6 is 0 Å². The maximum absolute atomic E-state index is 6.36. The van der Waals surface area contributed by atoms with Gasteiger partial charge in [0.1, 0.15) is 11.2 Å². The van der Waals surface area contributed by atoms with Gasteiger partial charge in [0.15, 0.2) is 17.5 Å². The molecule has 2 aromatic heterocycles. The highest BCUT2D eigenvalue weighted by molar-refractivity contribution is 6.13. The first kappa shape index (κ1) is 31.4. The van der Waals surface area contributed by atoms with E-state index in [0.29, 0.717) is 23.4 Å². The van der Waals surface area contributed by atoms with Gasteiger partial charge in [-0.15, -0.1) is 0 Å². The number of fused-ring (bicyclic) bond motifs is 7. The van der Waals surface area contributed by atoms with Crippen molar-refractivity contribution < 1.29 is 4.42 Å². The molecule has 0 fully saturated rings. The Morgan fingerprint density at radius 2 is 1.13 bits per heavy atom. The number of aromatic nitrogens is 3. The van der Waals surface area contributed by atoms with Crippen molar-refractivity contribution in [3.63, 3.8) is 0 Å². The van der Waals surface area contributed by atoms with Crippen LogP contribution in [-0.2, 0) is 0 Å². The minimum absolute atomic E-state index is 0.230. The van der Waals surface area contributed by atoms with Crippen LogP contribution in [0.15, 0.2) is 186 Å². The fourth-order valence-electron chi connectivity index (χ4n) is 8.29. The lowest BCUT2D eigenvalue weighted by Crippen LogP contribution is -2.15. The molecule has 0 radical (unpaired) electrons. The molecule has 0 N–H and O–H groups in total. The highest BCUT2D eigenvalue weighted by Gasteiger charge is 2.27. The third-order valence-electron chi connectivity index (χ3n) is 11.1. The smallest absolute Gasteiger partial charge is 0.164 e. The molecule has 2 atom stereocenters. The van der Waals surface area contributed by atoms with Gasteiger partial charge in [-0.1, -0.05) is 158 Å². The highest BCUT2D eigenvalue weighted by Crippen LogP contribution is 2.42. The highest BCUT2D eigenvalue weighted by atomic mass is 16.3. The predicted octanol–water partition coefficient (Wildman–Crippen LogP) is 13.0. The molecular formula is C51H33N3O. The van der Waals surface area contributed by atoms with Gasteiger partial charge in [-0.25, -0.2) is 15.0 Å². The lowest BCUT2D eigenvalue weighted by atomic mass is 9.76. The van der Waals surface area contributed by atoms with Crippen molar-refractivity contribution in [1.29, 1.82) is 0 Å². The molecule has 4 nitrogen and oxygen atoms in total. The van der Waals surface area contributed by atoms with Crippen LogP contribution in [0, 0.1) is 5.92 Å². The van der Waals surface area contributed by atoms with Crippen molar-refractivity contribution in [3.8, 4) is 45.0 Å². The molecule has 0 saturated heterocycles. The van der Waals surface area contributed by atoms with Crippen molar-refractivity contribution in [1.82, 2.24) is 15.0 Å². The second-order valence-corrected chi connectivity index (χ2v) is 14.4. The molecule has 7 aromatic carbocycles. The van der Waals surface area contributed by atoms with Gasteiger partial charge in [0.2, 0.25) is 0 Å². The molecule has 258 valence electrons. The maximum atomic E-state index is 6.36. The molecule has 2 heterocycles. The van der Waals surface area contributed by atoms with Gasteiger partial charge < -0.3 is 4.42 Å². The normalized spacial score (nSPS) is 16.0. The zero-order valence-corrected chi connectivity index (χ0v) is 29.8. The number of nitrogens with zero attached hydrogens (tertiary/aromatic N) is 3.